The Balaban J connectivity index is 1.81. The quantitative estimate of drug-likeness (QED) is 0.747. The molecule has 3 unspecified atom stereocenters. The first-order valence-corrected chi connectivity index (χ1v) is 7.49. The molecule has 0 amide bonds. The molecule has 3 nitrogen and oxygen atoms in total. The number of halogens is 1. The van der Waals surface area contributed by atoms with Crippen LogP contribution in [0.15, 0.2) is 6.07 Å². The van der Waals surface area contributed by atoms with Crippen LogP contribution < -0.4 is 0 Å². The van der Waals surface area contributed by atoms with E-state index in [0.29, 0.717) is 23.3 Å². The van der Waals surface area contributed by atoms with Gasteiger partial charge >= 0.3 is 0 Å². The van der Waals surface area contributed by atoms with Gasteiger partial charge in [0.05, 0.1) is 12.2 Å². The topological polar surface area (TPSA) is 35.0 Å². The molecule has 0 saturated carbocycles. The van der Waals surface area contributed by atoms with Crippen LogP contribution in [0.25, 0.3) is 10.2 Å². The molecular weight excluding hydrogens is 268 g/mol. The molecule has 2 aliphatic heterocycles. The van der Waals surface area contributed by atoms with Crippen LogP contribution in [0.3, 0.4) is 0 Å². The van der Waals surface area contributed by atoms with Crippen molar-refractivity contribution in [1.29, 1.82) is 0 Å². The van der Waals surface area contributed by atoms with E-state index in [4.69, 9.17) is 21.3 Å². The Labute approximate surface area is 114 Å². The van der Waals surface area contributed by atoms with Gasteiger partial charge in [0, 0.05) is 16.2 Å². The van der Waals surface area contributed by atoms with E-state index in [1.165, 1.54) is 11.3 Å². The van der Waals surface area contributed by atoms with Gasteiger partial charge < -0.3 is 4.74 Å². The van der Waals surface area contributed by atoms with Crippen LogP contribution in [0.1, 0.15) is 35.9 Å². The largest absolute Gasteiger partial charge is 0.374 e. The normalized spacial score (nSPS) is 30.4. The molecule has 0 aromatic carbocycles. The van der Waals surface area contributed by atoms with Crippen LogP contribution in [0.2, 0.25) is 5.15 Å². The van der Waals surface area contributed by atoms with Crippen LogP contribution in [0.4, 0.5) is 0 Å². The highest BCUT2D eigenvalue weighted by Crippen LogP contribution is 2.44. The van der Waals surface area contributed by atoms with Crippen LogP contribution in [-0.2, 0) is 4.74 Å². The minimum atomic E-state index is 0.310. The molecule has 2 saturated heterocycles. The second-order valence-electron chi connectivity index (χ2n) is 5.16. The zero-order chi connectivity index (χ0) is 12.3. The average molecular weight is 281 g/mol. The van der Waals surface area contributed by atoms with Gasteiger partial charge in [0.25, 0.3) is 0 Å². The third-order valence-corrected chi connectivity index (χ3v) is 5.16. The van der Waals surface area contributed by atoms with E-state index in [-0.39, 0.29) is 0 Å². The Morgan fingerprint density at radius 2 is 2.28 bits per heavy atom. The SMILES string of the molecule is Cc1cc2c(Cl)nc(C3CC4CCC3O4)nc2s1. The molecule has 3 atom stereocenters. The lowest BCUT2D eigenvalue weighted by Gasteiger charge is -2.17. The fourth-order valence-electron chi connectivity index (χ4n) is 3.10. The Morgan fingerprint density at radius 1 is 1.39 bits per heavy atom. The number of fused-ring (bicyclic) bond motifs is 3. The summed E-state index contributed by atoms with van der Waals surface area (Å²) in [7, 11) is 0. The van der Waals surface area contributed by atoms with Gasteiger partial charge in [-0.3, -0.25) is 0 Å². The fraction of sp³-hybridized carbons (Fsp3) is 0.538. The van der Waals surface area contributed by atoms with E-state index < -0.39 is 0 Å². The molecule has 2 aromatic heterocycles. The number of aryl methyl sites for hydroxylation is 1. The second-order valence-corrected chi connectivity index (χ2v) is 6.76. The first kappa shape index (κ1) is 11.1. The monoisotopic (exact) mass is 280 g/mol. The lowest BCUT2D eigenvalue weighted by atomic mass is 9.88. The zero-order valence-electron chi connectivity index (χ0n) is 10.0. The summed E-state index contributed by atoms with van der Waals surface area (Å²) in [5.41, 5.74) is 0. The van der Waals surface area contributed by atoms with Crippen molar-refractivity contribution in [2.24, 2.45) is 0 Å². The van der Waals surface area contributed by atoms with E-state index in [9.17, 15) is 0 Å². The number of rotatable bonds is 1. The maximum absolute atomic E-state index is 6.27. The van der Waals surface area contributed by atoms with Crippen molar-refractivity contribution < 1.29 is 4.74 Å². The van der Waals surface area contributed by atoms with Gasteiger partial charge in [-0.15, -0.1) is 11.3 Å². The molecule has 4 heterocycles. The lowest BCUT2D eigenvalue weighted by Crippen LogP contribution is -2.17. The van der Waals surface area contributed by atoms with E-state index in [1.807, 2.05) is 0 Å². The van der Waals surface area contributed by atoms with Gasteiger partial charge in [-0.05, 0) is 32.3 Å². The molecule has 2 bridgehead atoms. The average Bonchev–Trinajstić information content (AvgIpc) is 3.01. The molecule has 18 heavy (non-hydrogen) atoms. The Kier molecular flexibility index (Phi) is 2.41. The van der Waals surface area contributed by atoms with Crippen molar-refractivity contribution in [3.8, 4) is 0 Å². The van der Waals surface area contributed by atoms with E-state index in [0.717, 1.165) is 28.9 Å². The van der Waals surface area contributed by atoms with Crippen LogP contribution in [0.5, 0.6) is 0 Å². The molecule has 2 fully saturated rings. The molecule has 0 aliphatic carbocycles. The van der Waals surface area contributed by atoms with E-state index >= 15 is 0 Å². The van der Waals surface area contributed by atoms with Crippen LogP contribution in [0, 0.1) is 6.92 Å². The maximum atomic E-state index is 6.27. The van der Waals surface area contributed by atoms with Crippen molar-refractivity contribution in [2.45, 2.75) is 44.3 Å². The Bertz CT molecular complexity index is 627. The van der Waals surface area contributed by atoms with Crippen molar-refractivity contribution >= 4 is 33.2 Å². The van der Waals surface area contributed by atoms with Crippen molar-refractivity contribution in [2.75, 3.05) is 0 Å². The van der Waals surface area contributed by atoms with Crippen LogP contribution >= 0.6 is 22.9 Å². The maximum Gasteiger partial charge on any atom is 0.141 e. The molecule has 4 rings (SSSR count). The number of ether oxygens (including phenoxy) is 1. The van der Waals surface area contributed by atoms with Gasteiger partial charge in [0.1, 0.15) is 15.8 Å². The molecular formula is C13H13ClN2OS. The summed E-state index contributed by atoms with van der Waals surface area (Å²) >= 11 is 7.95. The number of hydrogen-bond donors (Lipinski definition) is 0. The van der Waals surface area contributed by atoms with Crippen molar-refractivity contribution in [1.82, 2.24) is 9.97 Å². The number of aromatic nitrogens is 2. The number of nitrogens with zero attached hydrogens (tertiary/aromatic N) is 2. The molecule has 0 radical (unpaired) electrons. The predicted octanol–water partition coefficient (Wildman–Crippen LogP) is 3.69. The molecule has 2 aliphatic rings. The third-order valence-electron chi connectivity index (χ3n) is 3.92. The van der Waals surface area contributed by atoms with Gasteiger partial charge in [0.15, 0.2) is 0 Å². The van der Waals surface area contributed by atoms with Crippen molar-refractivity contribution in [3.05, 3.63) is 21.9 Å². The molecule has 94 valence electrons. The highest BCUT2D eigenvalue weighted by molar-refractivity contribution is 7.18. The minimum Gasteiger partial charge on any atom is -0.374 e. The lowest BCUT2D eigenvalue weighted by molar-refractivity contribution is 0.0999. The summed E-state index contributed by atoms with van der Waals surface area (Å²) in [6.07, 6.45) is 4.11. The van der Waals surface area contributed by atoms with Gasteiger partial charge in [-0.1, -0.05) is 11.6 Å². The standard InChI is InChI=1S/C13H13ClN2OS/c1-6-4-9-11(14)15-12(16-13(9)18-6)8-5-7-2-3-10(8)17-7/h4,7-8,10H,2-3,5H2,1H3. The smallest absolute Gasteiger partial charge is 0.141 e. The highest BCUT2D eigenvalue weighted by atomic mass is 35.5. The first-order chi connectivity index (χ1) is 8.70. The number of thiophene rings is 1. The van der Waals surface area contributed by atoms with Gasteiger partial charge in [-0.25, -0.2) is 9.97 Å². The molecule has 5 heteroatoms. The number of hydrogen-bond acceptors (Lipinski definition) is 4. The zero-order valence-corrected chi connectivity index (χ0v) is 11.6. The highest BCUT2D eigenvalue weighted by Gasteiger charge is 2.43. The summed E-state index contributed by atoms with van der Waals surface area (Å²) in [6, 6.07) is 2.06. The Hall–Kier alpha value is -0.710. The van der Waals surface area contributed by atoms with E-state index in [2.05, 4.69) is 18.0 Å². The summed E-state index contributed by atoms with van der Waals surface area (Å²) in [4.78, 5) is 11.4. The summed E-state index contributed by atoms with van der Waals surface area (Å²) in [6.45, 7) is 2.07. The van der Waals surface area contributed by atoms with Crippen LogP contribution in [-0.4, -0.2) is 22.2 Å². The van der Waals surface area contributed by atoms with E-state index in [1.54, 1.807) is 11.3 Å². The molecule has 0 spiro atoms. The summed E-state index contributed by atoms with van der Waals surface area (Å²) in [5, 5.41) is 1.56. The predicted molar refractivity (Wildman–Crippen MR) is 72.4 cm³/mol. The first-order valence-electron chi connectivity index (χ1n) is 6.30. The summed E-state index contributed by atoms with van der Waals surface area (Å²) < 4.78 is 5.88. The van der Waals surface area contributed by atoms with Crippen molar-refractivity contribution in [3.63, 3.8) is 0 Å². The van der Waals surface area contributed by atoms with Gasteiger partial charge in [0.2, 0.25) is 0 Å². The minimum absolute atomic E-state index is 0.310. The Morgan fingerprint density at radius 3 is 3.00 bits per heavy atom. The third kappa shape index (κ3) is 1.59. The fourth-order valence-corrected chi connectivity index (χ4v) is 4.27. The molecule has 0 N–H and O–H groups in total. The van der Waals surface area contributed by atoms with Gasteiger partial charge in [-0.2, -0.15) is 0 Å². The summed E-state index contributed by atoms with van der Waals surface area (Å²) in [5.74, 6) is 1.22. The second kappa shape index (κ2) is 3.89. The molecule has 2 aromatic rings.